The summed E-state index contributed by atoms with van der Waals surface area (Å²) in [5, 5.41) is 10.2. The van der Waals surface area contributed by atoms with E-state index in [9.17, 15) is 5.11 Å². The Labute approximate surface area is 137 Å². The minimum absolute atomic E-state index is 0.541. The summed E-state index contributed by atoms with van der Waals surface area (Å²) in [5.41, 5.74) is 0.825. The molecule has 0 aliphatic carbocycles. The van der Waals surface area contributed by atoms with Crippen molar-refractivity contribution in [1.29, 1.82) is 0 Å². The van der Waals surface area contributed by atoms with E-state index >= 15 is 0 Å². The zero-order valence-electron chi connectivity index (χ0n) is 13.9. The van der Waals surface area contributed by atoms with Crippen molar-refractivity contribution < 1.29 is 24.1 Å². The van der Waals surface area contributed by atoms with Crippen LogP contribution in [0.4, 0.5) is 0 Å². The number of methoxy groups -OCH3 is 3. The third kappa shape index (κ3) is 4.60. The van der Waals surface area contributed by atoms with Crippen molar-refractivity contribution in [2.24, 2.45) is 0 Å². The molecule has 23 heavy (non-hydrogen) atoms. The van der Waals surface area contributed by atoms with E-state index in [4.69, 9.17) is 18.9 Å². The largest absolute Gasteiger partial charge is 0.493 e. The highest BCUT2D eigenvalue weighted by atomic mass is 16.5. The molecular formula is C17H25NO5. The molecule has 1 saturated heterocycles. The quantitative estimate of drug-likeness (QED) is 0.819. The van der Waals surface area contributed by atoms with E-state index in [-0.39, 0.29) is 0 Å². The predicted octanol–water partition coefficient (Wildman–Crippen LogP) is 1.42. The molecule has 6 heteroatoms. The van der Waals surface area contributed by atoms with Crippen LogP contribution in [0.25, 0.3) is 6.08 Å². The molecular weight excluding hydrogens is 298 g/mol. The summed E-state index contributed by atoms with van der Waals surface area (Å²) in [6, 6.07) is 3.69. The van der Waals surface area contributed by atoms with E-state index in [1.165, 1.54) is 0 Å². The number of nitrogens with zero attached hydrogens (tertiary/aromatic N) is 1. The molecule has 0 spiro atoms. The molecule has 1 atom stereocenters. The Bertz CT molecular complexity index is 526. The van der Waals surface area contributed by atoms with E-state index in [1.54, 1.807) is 27.4 Å². The first kappa shape index (κ1) is 17.6. The zero-order chi connectivity index (χ0) is 16.7. The summed E-state index contributed by atoms with van der Waals surface area (Å²) in [7, 11) is 4.73. The van der Waals surface area contributed by atoms with Gasteiger partial charge >= 0.3 is 0 Å². The molecule has 0 bridgehead atoms. The van der Waals surface area contributed by atoms with Gasteiger partial charge in [-0.25, -0.2) is 0 Å². The highest BCUT2D eigenvalue weighted by Gasteiger charge is 2.16. The normalized spacial score (nSPS) is 17.2. The van der Waals surface area contributed by atoms with Crippen molar-refractivity contribution in [3.8, 4) is 17.2 Å². The number of benzene rings is 1. The van der Waals surface area contributed by atoms with Crippen molar-refractivity contribution in [3.05, 3.63) is 23.8 Å². The number of rotatable bonds is 7. The fraction of sp³-hybridized carbons (Fsp3) is 0.529. The molecule has 0 radical (unpaired) electrons. The molecule has 1 unspecified atom stereocenters. The maximum Gasteiger partial charge on any atom is 0.203 e. The Kier molecular flexibility index (Phi) is 6.70. The molecule has 6 nitrogen and oxygen atoms in total. The number of aliphatic hydroxyl groups is 1. The minimum Gasteiger partial charge on any atom is -0.493 e. The van der Waals surface area contributed by atoms with Crippen molar-refractivity contribution in [1.82, 2.24) is 4.90 Å². The Morgan fingerprint density at radius 1 is 1.13 bits per heavy atom. The van der Waals surface area contributed by atoms with Gasteiger partial charge in [0.25, 0.3) is 0 Å². The maximum atomic E-state index is 10.2. The molecule has 1 fully saturated rings. The fourth-order valence-corrected chi connectivity index (χ4v) is 2.58. The molecule has 0 aromatic heterocycles. The van der Waals surface area contributed by atoms with Gasteiger partial charge in [-0.15, -0.1) is 0 Å². The summed E-state index contributed by atoms with van der Waals surface area (Å²) in [4.78, 5) is 2.18. The third-order valence-electron chi connectivity index (χ3n) is 3.78. The minimum atomic E-state index is -0.550. The van der Waals surface area contributed by atoms with Gasteiger partial charge < -0.3 is 24.1 Å². The standard InChI is InChI=1S/C17H25NO5/c1-20-15-7-5-13(16(21-2)17(15)22-3)4-6-14(19)12-18-8-10-23-11-9-18/h4-7,14,19H,8-12H2,1-3H3/b6-4-. The lowest BCUT2D eigenvalue weighted by Crippen LogP contribution is -2.40. The monoisotopic (exact) mass is 323 g/mol. The van der Waals surface area contributed by atoms with Gasteiger partial charge in [-0.2, -0.15) is 0 Å². The Balaban J connectivity index is 2.08. The summed E-state index contributed by atoms with van der Waals surface area (Å²) in [6.07, 6.45) is 3.05. The Morgan fingerprint density at radius 3 is 2.43 bits per heavy atom. The lowest BCUT2D eigenvalue weighted by Gasteiger charge is -2.27. The van der Waals surface area contributed by atoms with Crippen molar-refractivity contribution in [3.63, 3.8) is 0 Å². The van der Waals surface area contributed by atoms with E-state index in [0.29, 0.717) is 23.8 Å². The van der Waals surface area contributed by atoms with Crippen LogP contribution >= 0.6 is 0 Å². The average molecular weight is 323 g/mol. The van der Waals surface area contributed by atoms with Gasteiger partial charge in [0.1, 0.15) is 0 Å². The predicted molar refractivity (Wildman–Crippen MR) is 88.4 cm³/mol. The first-order valence-electron chi connectivity index (χ1n) is 7.65. The SMILES string of the molecule is COc1ccc(/C=C\C(O)CN2CCOCC2)c(OC)c1OC. The zero-order valence-corrected chi connectivity index (χ0v) is 13.9. The van der Waals surface area contributed by atoms with Crippen molar-refractivity contribution >= 4 is 6.08 Å². The van der Waals surface area contributed by atoms with Crippen LogP contribution in [-0.4, -0.2) is 70.3 Å². The van der Waals surface area contributed by atoms with E-state index in [2.05, 4.69) is 4.90 Å². The van der Waals surface area contributed by atoms with Gasteiger partial charge in [-0.3, -0.25) is 4.90 Å². The Morgan fingerprint density at radius 2 is 1.83 bits per heavy atom. The van der Waals surface area contributed by atoms with Crippen LogP contribution in [0.3, 0.4) is 0 Å². The average Bonchev–Trinajstić information content (AvgIpc) is 2.59. The molecule has 1 aliphatic rings. The van der Waals surface area contributed by atoms with Crippen molar-refractivity contribution in [2.75, 3.05) is 54.2 Å². The number of morpholine rings is 1. The fourth-order valence-electron chi connectivity index (χ4n) is 2.58. The van der Waals surface area contributed by atoms with E-state index in [0.717, 1.165) is 31.9 Å². The summed E-state index contributed by atoms with van der Waals surface area (Å²) >= 11 is 0. The highest BCUT2D eigenvalue weighted by Crippen LogP contribution is 2.40. The molecule has 1 aliphatic heterocycles. The van der Waals surface area contributed by atoms with Crippen LogP contribution in [0.5, 0.6) is 17.2 Å². The Hall–Kier alpha value is -1.76. The molecule has 1 N–H and O–H groups in total. The van der Waals surface area contributed by atoms with Crippen LogP contribution in [-0.2, 0) is 4.74 Å². The molecule has 0 amide bonds. The van der Waals surface area contributed by atoms with Crippen molar-refractivity contribution in [2.45, 2.75) is 6.10 Å². The lowest BCUT2D eigenvalue weighted by molar-refractivity contribution is 0.0223. The summed E-state index contributed by atoms with van der Waals surface area (Å²) in [6.45, 7) is 3.74. The van der Waals surface area contributed by atoms with Gasteiger partial charge in [-0.05, 0) is 12.1 Å². The molecule has 1 aromatic carbocycles. The number of hydrogen-bond acceptors (Lipinski definition) is 6. The second-order valence-corrected chi connectivity index (χ2v) is 5.26. The highest BCUT2D eigenvalue weighted by molar-refractivity contribution is 5.66. The molecule has 2 rings (SSSR count). The maximum absolute atomic E-state index is 10.2. The van der Waals surface area contributed by atoms with Gasteiger partial charge in [0, 0.05) is 25.2 Å². The number of ether oxygens (including phenoxy) is 4. The van der Waals surface area contributed by atoms with Crippen LogP contribution in [0.1, 0.15) is 5.56 Å². The molecule has 1 aromatic rings. The molecule has 128 valence electrons. The van der Waals surface area contributed by atoms with E-state index < -0.39 is 6.10 Å². The molecule has 1 heterocycles. The lowest BCUT2D eigenvalue weighted by atomic mass is 10.1. The summed E-state index contributed by atoms with van der Waals surface area (Å²) < 4.78 is 21.4. The van der Waals surface area contributed by atoms with Crippen LogP contribution in [0.15, 0.2) is 18.2 Å². The van der Waals surface area contributed by atoms with Crippen LogP contribution in [0.2, 0.25) is 0 Å². The number of aliphatic hydroxyl groups excluding tert-OH is 1. The van der Waals surface area contributed by atoms with Gasteiger partial charge in [0.05, 0.1) is 40.6 Å². The topological polar surface area (TPSA) is 60.4 Å². The first-order chi connectivity index (χ1) is 11.2. The van der Waals surface area contributed by atoms with Gasteiger partial charge in [0.2, 0.25) is 5.75 Å². The first-order valence-corrected chi connectivity index (χ1v) is 7.65. The van der Waals surface area contributed by atoms with Crippen LogP contribution in [0, 0.1) is 0 Å². The second-order valence-electron chi connectivity index (χ2n) is 5.26. The molecule has 0 saturated carbocycles. The second kappa shape index (κ2) is 8.76. The third-order valence-corrected chi connectivity index (χ3v) is 3.78. The smallest absolute Gasteiger partial charge is 0.203 e. The number of hydrogen-bond donors (Lipinski definition) is 1. The van der Waals surface area contributed by atoms with Crippen LogP contribution < -0.4 is 14.2 Å². The van der Waals surface area contributed by atoms with Gasteiger partial charge in [-0.1, -0.05) is 12.2 Å². The van der Waals surface area contributed by atoms with E-state index in [1.807, 2.05) is 18.2 Å². The number of β-amino-alcohol motifs (C(OH)–C–C–N with tert-alkyl or cyclic N) is 1. The van der Waals surface area contributed by atoms with Gasteiger partial charge in [0.15, 0.2) is 11.5 Å². The summed E-state index contributed by atoms with van der Waals surface area (Å²) in [5.74, 6) is 1.73.